The minimum atomic E-state index is -0.436. The quantitative estimate of drug-likeness (QED) is 0.817. The molecule has 1 atom stereocenters. The molecule has 3 N–H and O–H groups in total. The highest BCUT2D eigenvalue weighted by molar-refractivity contribution is 5.83. The normalized spacial score (nSPS) is 32.8. The first-order chi connectivity index (χ1) is 10.0. The van der Waals surface area contributed by atoms with E-state index in [-0.39, 0.29) is 17.4 Å². The van der Waals surface area contributed by atoms with E-state index in [9.17, 15) is 9.59 Å². The van der Waals surface area contributed by atoms with Crippen LogP contribution in [0.3, 0.4) is 0 Å². The molecule has 0 bridgehead atoms. The number of nitrogens with two attached hydrogens (primary N) is 1. The maximum atomic E-state index is 12.9. The first-order valence-corrected chi connectivity index (χ1v) is 7.84. The Morgan fingerprint density at radius 3 is 2.57 bits per heavy atom. The van der Waals surface area contributed by atoms with E-state index in [1.54, 1.807) is 0 Å². The summed E-state index contributed by atoms with van der Waals surface area (Å²) < 4.78 is 4.60. The number of likely N-dealkylation sites (tertiary alicyclic amines) is 1. The predicted molar refractivity (Wildman–Crippen MR) is 79.6 cm³/mol. The Labute approximate surface area is 126 Å². The molecule has 0 aromatic heterocycles. The van der Waals surface area contributed by atoms with Gasteiger partial charge in [0.25, 0.3) is 0 Å². The van der Waals surface area contributed by atoms with Crippen molar-refractivity contribution in [1.82, 2.24) is 10.2 Å². The molecule has 1 unspecified atom stereocenters. The molecule has 2 aliphatic rings. The molecule has 1 saturated heterocycles. The molecule has 2 rings (SSSR count). The maximum absolute atomic E-state index is 12.9. The maximum Gasteiger partial charge on any atom is 0.407 e. The van der Waals surface area contributed by atoms with E-state index in [0.717, 1.165) is 32.1 Å². The third-order valence-electron chi connectivity index (χ3n) is 5.06. The van der Waals surface area contributed by atoms with E-state index in [0.29, 0.717) is 25.6 Å². The molecular formula is C15H27N3O3. The number of carbonyl (C=O) groups is 2. The Kier molecular flexibility index (Phi) is 5.08. The van der Waals surface area contributed by atoms with Gasteiger partial charge in [0.15, 0.2) is 0 Å². The van der Waals surface area contributed by atoms with Crippen LogP contribution >= 0.6 is 0 Å². The first-order valence-electron chi connectivity index (χ1n) is 7.84. The van der Waals surface area contributed by atoms with Crippen molar-refractivity contribution in [2.75, 3.05) is 26.7 Å². The van der Waals surface area contributed by atoms with Gasteiger partial charge in [-0.1, -0.05) is 6.92 Å². The number of alkyl carbamates (subject to hydrolysis) is 1. The number of methoxy groups -OCH3 is 1. The summed E-state index contributed by atoms with van der Waals surface area (Å²) in [6.45, 7) is 3.90. The van der Waals surface area contributed by atoms with Gasteiger partial charge >= 0.3 is 6.09 Å². The number of nitrogens with zero attached hydrogens (tertiary/aromatic N) is 1. The van der Waals surface area contributed by atoms with Gasteiger partial charge in [0.1, 0.15) is 0 Å². The fourth-order valence-corrected chi connectivity index (χ4v) is 3.44. The molecule has 1 saturated carbocycles. The molecule has 0 aromatic carbocycles. The molecule has 0 aromatic rings. The van der Waals surface area contributed by atoms with Crippen molar-refractivity contribution in [3.63, 3.8) is 0 Å². The van der Waals surface area contributed by atoms with Crippen LogP contribution < -0.4 is 11.1 Å². The van der Waals surface area contributed by atoms with Gasteiger partial charge in [0.2, 0.25) is 5.91 Å². The molecule has 6 nitrogen and oxygen atoms in total. The second-order valence-electron chi connectivity index (χ2n) is 6.54. The second kappa shape index (κ2) is 6.64. The van der Waals surface area contributed by atoms with Crippen LogP contribution in [0.1, 0.15) is 39.0 Å². The lowest BCUT2D eigenvalue weighted by molar-refractivity contribution is -0.143. The van der Waals surface area contributed by atoms with E-state index in [2.05, 4.69) is 17.0 Å². The van der Waals surface area contributed by atoms with Crippen LogP contribution in [-0.4, -0.2) is 49.7 Å². The number of hydrogen-bond donors (Lipinski definition) is 2. The van der Waals surface area contributed by atoms with Gasteiger partial charge in [-0.15, -0.1) is 0 Å². The average molecular weight is 297 g/mol. The largest absolute Gasteiger partial charge is 0.453 e. The van der Waals surface area contributed by atoms with Crippen molar-refractivity contribution >= 4 is 12.0 Å². The van der Waals surface area contributed by atoms with Crippen LogP contribution in [0.15, 0.2) is 0 Å². The van der Waals surface area contributed by atoms with Crippen molar-refractivity contribution in [1.29, 1.82) is 0 Å². The molecule has 0 radical (unpaired) electrons. The number of carbonyl (C=O) groups excluding carboxylic acids is 2. The Balaban J connectivity index is 1.95. The summed E-state index contributed by atoms with van der Waals surface area (Å²) in [7, 11) is 1.35. The molecule has 1 heterocycles. The molecule has 2 fully saturated rings. The van der Waals surface area contributed by atoms with Crippen LogP contribution in [0.4, 0.5) is 4.79 Å². The lowest BCUT2D eigenvalue weighted by atomic mass is 9.70. The lowest BCUT2D eigenvalue weighted by Crippen LogP contribution is -2.50. The van der Waals surface area contributed by atoms with Crippen molar-refractivity contribution in [2.24, 2.45) is 17.1 Å². The van der Waals surface area contributed by atoms with Gasteiger partial charge in [0, 0.05) is 19.6 Å². The van der Waals surface area contributed by atoms with Gasteiger partial charge < -0.3 is 20.7 Å². The number of amides is 2. The third kappa shape index (κ3) is 3.48. The lowest BCUT2D eigenvalue weighted by Gasteiger charge is -2.39. The third-order valence-corrected chi connectivity index (χ3v) is 5.06. The van der Waals surface area contributed by atoms with Crippen LogP contribution in [0.2, 0.25) is 0 Å². The number of rotatable bonds is 3. The van der Waals surface area contributed by atoms with Gasteiger partial charge in [-0.3, -0.25) is 4.79 Å². The summed E-state index contributed by atoms with van der Waals surface area (Å²) in [6.07, 6.45) is 4.25. The topological polar surface area (TPSA) is 84.7 Å². The van der Waals surface area contributed by atoms with Crippen molar-refractivity contribution in [3.8, 4) is 0 Å². The summed E-state index contributed by atoms with van der Waals surface area (Å²) in [4.78, 5) is 26.0. The highest BCUT2D eigenvalue weighted by Gasteiger charge is 2.43. The summed E-state index contributed by atoms with van der Waals surface area (Å²) in [5, 5.41) is 2.77. The fourth-order valence-electron chi connectivity index (χ4n) is 3.44. The Hall–Kier alpha value is -1.30. The number of nitrogens with one attached hydrogen (secondary N) is 1. The van der Waals surface area contributed by atoms with Crippen LogP contribution in [0.5, 0.6) is 0 Å². The fraction of sp³-hybridized carbons (Fsp3) is 0.867. The SMILES string of the molecule is COC(=O)NC1CCN(C(=O)C2(CN)CCC(C)CC2)C1. The highest BCUT2D eigenvalue weighted by atomic mass is 16.5. The van der Waals surface area contributed by atoms with Crippen LogP contribution in [0.25, 0.3) is 0 Å². The molecule has 1 aliphatic heterocycles. The summed E-state index contributed by atoms with van der Waals surface area (Å²) in [6, 6.07) is -0.0151. The Bertz CT molecular complexity index is 392. The van der Waals surface area contributed by atoms with E-state index >= 15 is 0 Å². The molecule has 6 heteroatoms. The van der Waals surface area contributed by atoms with Gasteiger partial charge in [0.05, 0.1) is 18.6 Å². The monoisotopic (exact) mass is 297 g/mol. The smallest absolute Gasteiger partial charge is 0.407 e. The minimum Gasteiger partial charge on any atom is -0.453 e. The summed E-state index contributed by atoms with van der Waals surface area (Å²) >= 11 is 0. The molecule has 21 heavy (non-hydrogen) atoms. The van der Waals surface area contributed by atoms with Crippen molar-refractivity contribution in [2.45, 2.75) is 45.1 Å². The molecule has 2 amide bonds. The average Bonchev–Trinajstić information content (AvgIpc) is 2.96. The zero-order valence-corrected chi connectivity index (χ0v) is 13.1. The van der Waals surface area contributed by atoms with Crippen molar-refractivity contribution < 1.29 is 14.3 Å². The molecule has 1 aliphatic carbocycles. The van der Waals surface area contributed by atoms with E-state index in [1.165, 1.54) is 7.11 Å². The Morgan fingerprint density at radius 1 is 1.33 bits per heavy atom. The van der Waals surface area contributed by atoms with Gasteiger partial charge in [-0.2, -0.15) is 0 Å². The molecule has 120 valence electrons. The highest BCUT2D eigenvalue weighted by Crippen LogP contribution is 2.40. The second-order valence-corrected chi connectivity index (χ2v) is 6.54. The van der Waals surface area contributed by atoms with Crippen LogP contribution in [-0.2, 0) is 9.53 Å². The summed E-state index contributed by atoms with van der Waals surface area (Å²) in [5.74, 6) is 0.857. The van der Waals surface area contributed by atoms with E-state index in [1.807, 2.05) is 4.90 Å². The predicted octanol–water partition coefficient (Wildman–Crippen LogP) is 1.10. The van der Waals surface area contributed by atoms with Gasteiger partial charge in [-0.25, -0.2) is 4.79 Å². The number of ether oxygens (including phenoxy) is 1. The first kappa shape index (κ1) is 16.1. The van der Waals surface area contributed by atoms with Crippen molar-refractivity contribution in [3.05, 3.63) is 0 Å². The van der Waals surface area contributed by atoms with E-state index < -0.39 is 6.09 Å². The van der Waals surface area contributed by atoms with Crippen LogP contribution in [0, 0.1) is 11.3 Å². The Morgan fingerprint density at radius 2 is 2.00 bits per heavy atom. The van der Waals surface area contributed by atoms with Gasteiger partial charge in [-0.05, 0) is 38.0 Å². The molecule has 0 spiro atoms. The molecular weight excluding hydrogens is 270 g/mol. The zero-order valence-electron chi connectivity index (χ0n) is 13.1. The summed E-state index contributed by atoms with van der Waals surface area (Å²) in [5.41, 5.74) is 5.57. The minimum absolute atomic E-state index is 0.0151. The standard InChI is InChI=1S/C15H27N3O3/c1-11-3-6-15(10-16,7-4-11)13(19)18-8-5-12(9-18)17-14(20)21-2/h11-12H,3-10,16H2,1-2H3,(H,17,20). The number of hydrogen-bond acceptors (Lipinski definition) is 4. The zero-order chi connectivity index (χ0) is 15.5. The van der Waals surface area contributed by atoms with E-state index in [4.69, 9.17) is 5.73 Å².